The first-order valence-electron chi connectivity index (χ1n) is 11.8. The Morgan fingerprint density at radius 2 is 1.54 bits per heavy atom. The van der Waals surface area contributed by atoms with E-state index in [0.29, 0.717) is 23.1 Å². The van der Waals surface area contributed by atoms with Crippen molar-refractivity contribution >= 4 is 44.1 Å². The highest BCUT2D eigenvalue weighted by atomic mass is 32.2. The lowest BCUT2D eigenvalue weighted by Crippen LogP contribution is -2.31. The van der Waals surface area contributed by atoms with Crippen LogP contribution in [0.3, 0.4) is 0 Å². The first-order chi connectivity index (χ1) is 17.8. The van der Waals surface area contributed by atoms with Crippen molar-refractivity contribution in [3.63, 3.8) is 0 Å². The van der Waals surface area contributed by atoms with Gasteiger partial charge in [0, 0.05) is 23.0 Å². The number of thiophene rings is 1. The van der Waals surface area contributed by atoms with Crippen LogP contribution in [0, 0.1) is 6.92 Å². The maximum Gasteiger partial charge on any atom is 0.268 e. The van der Waals surface area contributed by atoms with Crippen LogP contribution < -0.4 is 0 Å². The third kappa shape index (κ3) is 3.89. The molecule has 0 saturated heterocycles. The van der Waals surface area contributed by atoms with Crippen molar-refractivity contribution in [2.45, 2.75) is 18.2 Å². The second-order valence-corrected chi connectivity index (χ2v) is 11.8. The van der Waals surface area contributed by atoms with E-state index in [1.54, 1.807) is 66.1 Å². The SMILES string of the molecule is Cc1ccc(S(=O)(=O)n2cc(CCN3C(=O)c4ccccc4C3=O)c3cc(-c4cccs4)ccc32)cc1. The molecule has 2 amide bonds. The van der Waals surface area contributed by atoms with Crippen LogP contribution in [-0.4, -0.2) is 35.6 Å². The molecule has 0 saturated carbocycles. The van der Waals surface area contributed by atoms with Crippen molar-refractivity contribution < 1.29 is 18.0 Å². The van der Waals surface area contributed by atoms with Gasteiger partial charge in [-0.3, -0.25) is 14.5 Å². The van der Waals surface area contributed by atoms with Crippen molar-refractivity contribution in [2.75, 3.05) is 6.54 Å². The molecule has 0 spiro atoms. The summed E-state index contributed by atoms with van der Waals surface area (Å²) in [6.07, 6.45) is 1.95. The van der Waals surface area contributed by atoms with Crippen molar-refractivity contribution in [2.24, 2.45) is 0 Å². The summed E-state index contributed by atoms with van der Waals surface area (Å²) < 4.78 is 28.6. The molecular weight excluding hydrogens is 504 g/mol. The van der Waals surface area contributed by atoms with Gasteiger partial charge >= 0.3 is 0 Å². The van der Waals surface area contributed by atoms with E-state index in [4.69, 9.17) is 0 Å². The standard InChI is InChI=1S/C29H22N2O4S2/c1-19-8-11-22(12-9-19)37(34,35)31-18-21(25-17-20(10-13-26(25)31)27-7-4-16-36-27)14-15-30-28(32)23-5-2-3-6-24(23)29(30)33/h2-13,16-18H,14-15H2,1H3. The number of hydrogen-bond acceptors (Lipinski definition) is 5. The first kappa shape index (κ1) is 23.4. The van der Waals surface area contributed by atoms with Gasteiger partial charge in [-0.15, -0.1) is 11.3 Å². The molecule has 0 radical (unpaired) electrons. The molecule has 0 fully saturated rings. The van der Waals surface area contributed by atoms with Gasteiger partial charge in [0.05, 0.1) is 21.5 Å². The summed E-state index contributed by atoms with van der Waals surface area (Å²) in [7, 11) is -3.86. The molecule has 2 aromatic heterocycles. The minimum absolute atomic E-state index is 0.152. The molecule has 1 aliphatic rings. The zero-order valence-corrected chi connectivity index (χ0v) is 21.6. The van der Waals surface area contributed by atoms with E-state index in [2.05, 4.69) is 0 Å². The molecule has 3 aromatic carbocycles. The molecular formula is C29H22N2O4S2. The van der Waals surface area contributed by atoms with Crippen LogP contribution >= 0.6 is 11.3 Å². The van der Waals surface area contributed by atoms with E-state index in [1.165, 1.54) is 8.87 Å². The largest absolute Gasteiger partial charge is 0.274 e. The molecule has 3 heterocycles. The summed E-state index contributed by atoms with van der Waals surface area (Å²) in [6, 6.07) is 23.3. The number of fused-ring (bicyclic) bond motifs is 2. The molecule has 6 rings (SSSR count). The Bertz CT molecular complexity index is 1750. The number of aryl methyl sites for hydroxylation is 1. The van der Waals surface area contributed by atoms with E-state index in [9.17, 15) is 18.0 Å². The number of carbonyl (C=O) groups is 2. The van der Waals surface area contributed by atoms with Crippen molar-refractivity contribution in [3.05, 3.63) is 113 Å². The van der Waals surface area contributed by atoms with Crippen LogP contribution in [0.1, 0.15) is 31.8 Å². The average Bonchev–Trinajstić information content (AvgIpc) is 3.62. The molecule has 0 bridgehead atoms. The van der Waals surface area contributed by atoms with Gasteiger partial charge in [-0.05, 0) is 72.3 Å². The van der Waals surface area contributed by atoms with Gasteiger partial charge in [0.15, 0.2) is 0 Å². The number of nitrogens with zero attached hydrogens (tertiary/aromatic N) is 2. The molecule has 6 nitrogen and oxygen atoms in total. The quantitative estimate of drug-likeness (QED) is 0.264. The minimum Gasteiger partial charge on any atom is -0.274 e. The third-order valence-corrected chi connectivity index (χ3v) is 9.33. The normalized spacial score (nSPS) is 13.5. The topological polar surface area (TPSA) is 76.5 Å². The molecule has 37 heavy (non-hydrogen) atoms. The molecule has 8 heteroatoms. The molecule has 5 aromatic rings. The lowest BCUT2D eigenvalue weighted by molar-refractivity contribution is 0.0656. The summed E-state index contributed by atoms with van der Waals surface area (Å²) in [4.78, 5) is 28.3. The van der Waals surface area contributed by atoms with Crippen LogP contribution in [0.5, 0.6) is 0 Å². The van der Waals surface area contributed by atoms with Crippen LogP contribution in [0.4, 0.5) is 0 Å². The highest BCUT2D eigenvalue weighted by molar-refractivity contribution is 7.90. The van der Waals surface area contributed by atoms with Crippen LogP contribution in [-0.2, 0) is 16.4 Å². The Kier molecular flexibility index (Phi) is 5.58. The fourth-order valence-electron chi connectivity index (χ4n) is 4.76. The van der Waals surface area contributed by atoms with Gasteiger partial charge in [0.2, 0.25) is 0 Å². The van der Waals surface area contributed by atoms with Crippen molar-refractivity contribution in [3.8, 4) is 10.4 Å². The molecule has 0 unspecified atom stereocenters. The summed E-state index contributed by atoms with van der Waals surface area (Å²) in [5.74, 6) is -0.647. The van der Waals surface area contributed by atoms with E-state index in [-0.39, 0.29) is 23.3 Å². The Labute approximate surface area is 218 Å². The summed E-state index contributed by atoms with van der Waals surface area (Å²) >= 11 is 1.61. The maximum atomic E-state index is 13.6. The van der Waals surface area contributed by atoms with Crippen molar-refractivity contribution in [1.82, 2.24) is 8.87 Å². The lowest BCUT2D eigenvalue weighted by Gasteiger charge is -2.13. The number of hydrogen-bond donors (Lipinski definition) is 0. The highest BCUT2D eigenvalue weighted by Gasteiger charge is 2.35. The second kappa shape index (κ2) is 8.83. The summed E-state index contributed by atoms with van der Waals surface area (Å²) in [6.45, 7) is 2.06. The first-order valence-corrected chi connectivity index (χ1v) is 14.1. The number of imide groups is 1. The van der Waals surface area contributed by atoms with Crippen LogP contribution in [0.2, 0.25) is 0 Å². The van der Waals surface area contributed by atoms with Crippen molar-refractivity contribution in [1.29, 1.82) is 0 Å². The number of amides is 2. The molecule has 0 aliphatic carbocycles. The number of aromatic nitrogens is 1. The molecule has 0 N–H and O–H groups in total. The Morgan fingerprint density at radius 3 is 2.19 bits per heavy atom. The van der Waals surface area contributed by atoms with E-state index >= 15 is 0 Å². The highest BCUT2D eigenvalue weighted by Crippen LogP contribution is 2.33. The molecule has 184 valence electrons. The minimum atomic E-state index is -3.86. The van der Waals surface area contributed by atoms with Gasteiger partial charge in [0.25, 0.3) is 21.8 Å². The van der Waals surface area contributed by atoms with Gasteiger partial charge in [-0.25, -0.2) is 12.4 Å². The van der Waals surface area contributed by atoms with Crippen LogP contribution in [0.25, 0.3) is 21.3 Å². The summed E-state index contributed by atoms with van der Waals surface area (Å²) in [5.41, 5.74) is 4.06. The average molecular weight is 527 g/mol. The zero-order chi connectivity index (χ0) is 25.7. The van der Waals surface area contributed by atoms with Gasteiger partial charge in [0.1, 0.15) is 0 Å². The predicted octanol–water partition coefficient (Wildman–Crippen LogP) is 5.75. The maximum absolute atomic E-state index is 13.6. The van der Waals surface area contributed by atoms with Gasteiger partial charge in [-0.1, -0.05) is 42.0 Å². The zero-order valence-electron chi connectivity index (χ0n) is 19.9. The van der Waals surface area contributed by atoms with E-state index in [0.717, 1.165) is 27.0 Å². The van der Waals surface area contributed by atoms with Gasteiger partial charge in [-0.2, -0.15) is 0 Å². The molecule has 1 aliphatic heterocycles. The number of rotatable bonds is 6. The summed E-state index contributed by atoms with van der Waals surface area (Å²) in [5, 5.41) is 2.77. The number of carbonyl (C=O) groups excluding carboxylic acids is 2. The lowest BCUT2D eigenvalue weighted by atomic mass is 10.1. The predicted molar refractivity (Wildman–Crippen MR) is 145 cm³/mol. The van der Waals surface area contributed by atoms with E-state index < -0.39 is 10.0 Å². The Hall–Kier alpha value is -4.01. The monoisotopic (exact) mass is 526 g/mol. The fourth-order valence-corrected chi connectivity index (χ4v) is 6.87. The Morgan fingerprint density at radius 1 is 0.838 bits per heavy atom. The molecule has 0 atom stereocenters. The Balaban J connectivity index is 1.42. The van der Waals surface area contributed by atoms with Gasteiger partial charge < -0.3 is 0 Å². The fraction of sp³-hybridized carbons (Fsp3) is 0.103. The van der Waals surface area contributed by atoms with E-state index in [1.807, 2.05) is 42.6 Å². The number of benzene rings is 3. The second-order valence-electron chi connectivity index (χ2n) is 9.04. The smallest absolute Gasteiger partial charge is 0.268 e. The third-order valence-electron chi connectivity index (χ3n) is 6.72. The van der Waals surface area contributed by atoms with Crippen LogP contribution in [0.15, 0.2) is 95.3 Å².